The lowest BCUT2D eigenvalue weighted by molar-refractivity contribution is 0.504. The number of hydrogen-bond donors (Lipinski definition) is 0. The Morgan fingerprint density at radius 1 is 0.944 bits per heavy atom. The lowest BCUT2D eigenvalue weighted by Gasteiger charge is -2.06. The molecular formula is C10H2BrCl2F3N2. The fraction of sp³-hybridized carbons (Fsp3) is 0. The highest BCUT2D eigenvalue weighted by molar-refractivity contribution is 9.10. The maximum Gasteiger partial charge on any atom is 0.197 e. The molecule has 2 rings (SSSR count). The van der Waals surface area contributed by atoms with Crippen molar-refractivity contribution in [3.63, 3.8) is 0 Å². The summed E-state index contributed by atoms with van der Waals surface area (Å²) in [5.41, 5.74) is 0.109. The third kappa shape index (κ3) is 2.32. The number of benzene rings is 1. The van der Waals surface area contributed by atoms with E-state index in [4.69, 9.17) is 23.2 Å². The first-order chi connectivity index (χ1) is 8.41. The number of halogens is 6. The first kappa shape index (κ1) is 13.6. The van der Waals surface area contributed by atoms with Crippen molar-refractivity contribution in [2.45, 2.75) is 0 Å². The van der Waals surface area contributed by atoms with Gasteiger partial charge in [-0.05, 0) is 28.1 Å². The summed E-state index contributed by atoms with van der Waals surface area (Å²) >= 11 is 13.9. The fourth-order valence-corrected chi connectivity index (χ4v) is 2.10. The largest absolute Gasteiger partial charge is 0.213 e. The predicted octanol–water partition coefficient (Wildman–Crippen LogP) is 4.63. The molecule has 0 N–H and O–H groups in total. The lowest BCUT2D eigenvalue weighted by Crippen LogP contribution is -1.97. The molecule has 1 aromatic carbocycles. The van der Waals surface area contributed by atoms with Crippen molar-refractivity contribution >= 4 is 39.1 Å². The summed E-state index contributed by atoms with van der Waals surface area (Å²) in [6.07, 6.45) is 0. The Morgan fingerprint density at radius 2 is 1.50 bits per heavy atom. The van der Waals surface area contributed by atoms with E-state index in [1.165, 1.54) is 6.07 Å². The smallest absolute Gasteiger partial charge is 0.197 e. The van der Waals surface area contributed by atoms with Gasteiger partial charge in [0.25, 0.3) is 0 Å². The molecule has 0 atom stereocenters. The van der Waals surface area contributed by atoms with E-state index in [9.17, 15) is 13.2 Å². The SMILES string of the molecule is Fc1ccc(-c2nc(Cl)c(F)c(Cl)n2)c(Br)c1F. The van der Waals surface area contributed by atoms with Crippen LogP contribution in [0.15, 0.2) is 16.6 Å². The second-order valence-corrected chi connectivity index (χ2v) is 4.67. The molecule has 2 nitrogen and oxygen atoms in total. The monoisotopic (exact) mass is 356 g/mol. The van der Waals surface area contributed by atoms with Crippen LogP contribution < -0.4 is 0 Å². The average Bonchev–Trinajstić information content (AvgIpc) is 2.33. The topological polar surface area (TPSA) is 25.8 Å². The molecule has 1 heterocycles. The quantitative estimate of drug-likeness (QED) is 0.549. The van der Waals surface area contributed by atoms with Crippen molar-refractivity contribution in [1.29, 1.82) is 0 Å². The van der Waals surface area contributed by atoms with Crippen LogP contribution in [0, 0.1) is 17.5 Å². The van der Waals surface area contributed by atoms with Crippen LogP contribution in [-0.4, -0.2) is 9.97 Å². The Morgan fingerprint density at radius 3 is 2.06 bits per heavy atom. The van der Waals surface area contributed by atoms with Gasteiger partial charge in [0, 0.05) is 5.56 Å². The van der Waals surface area contributed by atoms with Crippen molar-refractivity contribution in [3.8, 4) is 11.4 Å². The standard InChI is InChI=1S/C10H2BrCl2F3N2/c11-5-3(1-2-4(14)6(5)15)10-17-8(12)7(16)9(13)18-10/h1-2H. The number of nitrogens with zero attached hydrogens (tertiary/aromatic N) is 2. The molecule has 0 fully saturated rings. The second kappa shape index (κ2) is 5.03. The third-order valence-electron chi connectivity index (χ3n) is 2.05. The Labute approximate surface area is 118 Å². The van der Waals surface area contributed by atoms with Gasteiger partial charge in [-0.3, -0.25) is 0 Å². The Kier molecular flexibility index (Phi) is 3.79. The molecule has 8 heteroatoms. The van der Waals surface area contributed by atoms with E-state index in [0.29, 0.717) is 0 Å². The highest BCUT2D eigenvalue weighted by atomic mass is 79.9. The first-order valence-electron chi connectivity index (χ1n) is 4.44. The van der Waals surface area contributed by atoms with Gasteiger partial charge in [0.05, 0.1) is 4.47 Å². The van der Waals surface area contributed by atoms with Crippen molar-refractivity contribution < 1.29 is 13.2 Å². The lowest BCUT2D eigenvalue weighted by atomic mass is 10.2. The Bertz CT molecular complexity index is 614. The Hall–Kier alpha value is -0.850. The highest BCUT2D eigenvalue weighted by Gasteiger charge is 2.17. The van der Waals surface area contributed by atoms with Crippen LogP contribution in [0.2, 0.25) is 10.3 Å². The maximum absolute atomic E-state index is 13.3. The van der Waals surface area contributed by atoms with Gasteiger partial charge in [0.1, 0.15) is 0 Å². The summed E-state index contributed by atoms with van der Waals surface area (Å²) < 4.78 is 39.2. The molecule has 94 valence electrons. The van der Waals surface area contributed by atoms with Crippen LogP contribution >= 0.6 is 39.1 Å². The molecule has 18 heavy (non-hydrogen) atoms. The summed E-state index contributed by atoms with van der Waals surface area (Å²) in [5.74, 6) is -3.23. The normalized spacial score (nSPS) is 10.8. The zero-order valence-corrected chi connectivity index (χ0v) is 11.4. The van der Waals surface area contributed by atoms with Gasteiger partial charge < -0.3 is 0 Å². The number of rotatable bonds is 1. The van der Waals surface area contributed by atoms with E-state index in [2.05, 4.69) is 25.9 Å². The van der Waals surface area contributed by atoms with Crippen LogP contribution in [0.3, 0.4) is 0 Å². The molecule has 0 aliphatic carbocycles. The minimum Gasteiger partial charge on any atom is -0.213 e. The summed E-state index contributed by atoms with van der Waals surface area (Å²) in [4.78, 5) is 7.22. The van der Waals surface area contributed by atoms with E-state index in [-0.39, 0.29) is 15.9 Å². The van der Waals surface area contributed by atoms with Crippen LogP contribution in [-0.2, 0) is 0 Å². The second-order valence-electron chi connectivity index (χ2n) is 3.17. The van der Waals surface area contributed by atoms with Crippen molar-refractivity contribution in [2.24, 2.45) is 0 Å². The van der Waals surface area contributed by atoms with Gasteiger partial charge in [0.2, 0.25) is 0 Å². The van der Waals surface area contributed by atoms with Gasteiger partial charge >= 0.3 is 0 Å². The maximum atomic E-state index is 13.3. The molecule has 2 aromatic rings. The highest BCUT2D eigenvalue weighted by Crippen LogP contribution is 2.31. The van der Waals surface area contributed by atoms with Gasteiger partial charge in [-0.25, -0.2) is 23.1 Å². The molecule has 0 saturated carbocycles. The van der Waals surface area contributed by atoms with Crippen LogP contribution in [0.1, 0.15) is 0 Å². The number of aromatic nitrogens is 2. The molecule has 1 aromatic heterocycles. The Balaban J connectivity index is 2.67. The first-order valence-corrected chi connectivity index (χ1v) is 5.99. The minimum absolute atomic E-state index is 0.109. The average molecular weight is 358 g/mol. The summed E-state index contributed by atoms with van der Waals surface area (Å²) in [7, 11) is 0. The van der Waals surface area contributed by atoms with Gasteiger partial charge in [-0.15, -0.1) is 0 Å². The summed E-state index contributed by atoms with van der Waals surface area (Å²) in [5, 5.41) is -0.997. The van der Waals surface area contributed by atoms with Gasteiger partial charge in [-0.1, -0.05) is 23.2 Å². The molecule has 0 bridgehead atoms. The summed E-state index contributed by atoms with van der Waals surface area (Å²) in [6, 6.07) is 2.12. The molecule has 0 radical (unpaired) electrons. The molecule has 0 aliphatic rings. The van der Waals surface area contributed by atoms with Gasteiger partial charge in [-0.2, -0.15) is 0 Å². The fourth-order valence-electron chi connectivity index (χ4n) is 1.21. The molecule has 0 saturated heterocycles. The summed E-state index contributed by atoms with van der Waals surface area (Å²) in [6.45, 7) is 0. The predicted molar refractivity (Wildman–Crippen MR) is 65.1 cm³/mol. The molecule has 0 unspecified atom stereocenters. The van der Waals surface area contributed by atoms with E-state index in [1.54, 1.807) is 0 Å². The third-order valence-corrected chi connectivity index (χ3v) is 3.32. The van der Waals surface area contributed by atoms with E-state index in [0.717, 1.165) is 6.07 Å². The van der Waals surface area contributed by atoms with Crippen LogP contribution in [0.25, 0.3) is 11.4 Å². The molecule has 0 amide bonds. The molecule has 0 spiro atoms. The number of hydrogen-bond acceptors (Lipinski definition) is 2. The van der Waals surface area contributed by atoms with Crippen molar-refractivity contribution in [1.82, 2.24) is 9.97 Å². The molecule has 0 aliphatic heterocycles. The van der Waals surface area contributed by atoms with Crippen LogP contribution in [0.5, 0.6) is 0 Å². The molecular weight excluding hydrogens is 356 g/mol. The zero-order chi connectivity index (χ0) is 13.4. The van der Waals surface area contributed by atoms with E-state index in [1.807, 2.05) is 0 Å². The van der Waals surface area contributed by atoms with Crippen LogP contribution in [0.4, 0.5) is 13.2 Å². The van der Waals surface area contributed by atoms with Crippen molar-refractivity contribution in [2.75, 3.05) is 0 Å². The zero-order valence-electron chi connectivity index (χ0n) is 8.32. The van der Waals surface area contributed by atoms with Gasteiger partial charge in [0.15, 0.2) is 33.6 Å². The van der Waals surface area contributed by atoms with E-state index < -0.39 is 27.8 Å². The minimum atomic E-state index is -1.10. The van der Waals surface area contributed by atoms with E-state index >= 15 is 0 Å². The van der Waals surface area contributed by atoms with Crippen molar-refractivity contribution in [3.05, 3.63) is 44.4 Å².